The number of carbonyl (C=O) groups excluding carboxylic acids is 1. The quantitative estimate of drug-likeness (QED) is 0.655. The summed E-state index contributed by atoms with van der Waals surface area (Å²) in [5, 5.41) is 2.48. The van der Waals surface area contributed by atoms with Crippen molar-refractivity contribution in [3.05, 3.63) is 83.4 Å². The summed E-state index contributed by atoms with van der Waals surface area (Å²) in [6.07, 6.45) is 2.07. The van der Waals surface area contributed by atoms with E-state index in [2.05, 4.69) is 59.5 Å². The van der Waals surface area contributed by atoms with Gasteiger partial charge in [-0.2, -0.15) is 0 Å². The van der Waals surface area contributed by atoms with Crippen LogP contribution in [0.4, 0.5) is 0 Å². The summed E-state index contributed by atoms with van der Waals surface area (Å²) in [6.45, 7) is 0.848. The number of rotatable bonds is 1. The van der Waals surface area contributed by atoms with Crippen LogP contribution >= 0.6 is 0 Å². The summed E-state index contributed by atoms with van der Waals surface area (Å²) in [7, 11) is 0. The molecule has 2 heteroatoms. The van der Waals surface area contributed by atoms with Crippen LogP contribution in [0.5, 0.6) is 0 Å². The summed E-state index contributed by atoms with van der Waals surface area (Å²) >= 11 is 0. The van der Waals surface area contributed by atoms with Crippen molar-refractivity contribution >= 4 is 16.7 Å². The maximum absolute atomic E-state index is 12.8. The van der Waals surface area contributed by atoms with Gasteiger partial charge in [0.2, 0.25) is 0 Å². The standard InChI is InChI=1S/C21H17NO/c23-20-18-8-3-4-9-19(18)21(12-5-13-22(20)21)17-11-10-15-6-1-2-7-16(15)14-17/h1-4,6-11,14H,5,12-13H2. The number of fused-ring (bicyclic) bond motifs is 4. The SMILES string of the molecule is O=C1c2ccccc2C2(c3ccc4ccccc4c3)CCCN12. The second-order valence-corrected chi connectivity index (χ2v) is 6.53. The van der Waals surface area contributed by atoms with Gasteiger partial charge in [0.15, 0.2) is 0 Å². The molecule has 0 spiro atoms. The first kappa shape index (κ1) is 12.9. The van der Waals surface area contributed by atoms with Gasteiger partial charge in [-0.1, -0.05) is 54.6 Å². The molecule has 2 aliphatic rings. The van der Waals surface area contributed by atoms with Crippen LogP contribution in [0.3, 0.4) is 0 Å². The van der Waals surface area contributed by atoms with E-state index in [0.717, 1.165) is 24.9 Å². The Labute approximate surface area is 135 Å². The zero-order valence-electron chi connectivity index (χ0n) is 12.8. The lowest BCUT2D eigenvalue weighted by atomic mass is 9.81. The van der Waals surface area contributed by atoms with Crippen molar-refractivity contribution in [3.8, 4) is 0 Å². The molecule has 0 bridgehead atoms. The minimum atomic E-state index is -0.266. The third-order valence-electron chi connectivity index (χ3n) is 5.46. The normalized spacial score (nSPS) is 22.4. The van der Waals surface area contributed by atoms with Gasteiger partial charge >= 0.3 is 0 Å². The van der Waals surface area contributed by atoms with E-state index >= 15 is 0 Å². The summed E-state index contributed by atoms with van der Waals surface area (Å²) < 4.78 is 0. The molecule has 2 nitrogen and oxygen atoms in total. The van der Waals surface area contributed by atoms with E-state index in [0.29, 0.717) is 0 Å². The van der Waals surface area contributed by atoms with Crippen LogP contribution in [0, 0.1) is 0 Å². The average Bonchev–Trinajstić information content (AvgIpc) is 3.15. The van der Waals surface area contributed by atoms with Gasteiger partial charge in [0.1, 0.15) is 0 Å². The third-order valence-corrected chi connectivity index (χ3v) is 5.46. The van der Waals surface area contributed by atoms with Gasteiger partial charge < -0.3 is 4.90 Å². The molecular formula is C21H17NO. The fourth-order valence-corrected chi connectivity index (χ4v) is 4.45. The lowest BCUT2D eigenvalue weighted by molar-refractivity contribution is 0.0711. The third kappa shape index (κ3) is 1.56. The summed E-state index contributed by atoms with van der Waals surface area (Å²) in [6, 6.07) is 23.2. The van der Waals surface area contributed by atoms with E-state index in [9.17, 15) is 4.79 Å². The predicted octanol–water partition coefficient (Wildman–Crippen LogP) is 4.33. The van der Waals surface area contributed by atoms with Crippen LogP contribution in [0.15, 0.2) is 66.7 Å². The number of hydrogen-bond acceptors (Lipinski definition) is 1. The highest BCUT2D eigenvalue weighted by Gasteiger charge is 2.53. The largest absolute Gasteiger partial charge is 0.325 e. The summed E-state index contributed by atoms with van der Waals surface area (Å²) in [5.41, 5.74) is 3.03. The highest BCUT2D eigenvalue weighted by Crippen LogP contribution is 2.51. The first-order valence-corrected chi connectivity index (χ1v) is 8.21. The zero-order chi connectivity index (χ0) is 15.4. The van der Waals surface area contributed by atoms with Gasteiger partial charge in [-0.15, -0.1) is 0 Å². The summed E-state index contributed by atoms with van der Waals surface area (Å²) in [5.74, 6) is 0.186. The van der Waals surface area contributed by atoms with Crippen molar-refractivity contribution in [2.24, 2.45) is 0 Å². The molecule has 1 amide bonds. The monoisotopic (exact) mass is 299 g/mol. The molecule has 3 aromatic rings. The van der Waals surface area contributed by atoms with Crippen LogP contribution < -0.4 is 0 Å². The number of nitrogens with zero attached hydrogens (tertiary/aromatic N) is 1. The van der Waals surface area contributed by atoms with Crippen LogP contribution in [0.25, 0.3) is 10.8 Å². The Balaban J connectivity index is 1.80. The minimum Gasteiger partial charge on any atom is -0.325 e. The molecule has 0 aromatic heterocycles. The van der Waals surface area contributed by atoms with Gasteiger partial charge in [0.25, 0.3) is 5.91 Å². The number of hydrogen-bond donors (Lipinski definition) is 0. The number of amides is 1. The molecule has 1 fully saturated rings. The summed E-state index contributed by atoms with van der Waals surface area (Å²) in [4.78, 5) is 14.9. The molecule has 3 aromatic carbocycles. The molecule has 1 atom stereocenters. The Morgan fingerprint density at radius 3 is 2.57 bits per heavy atom. The molecule has 1 unspecified atom stereocenters. The maximum atomic E-state index is 12.8. The maximum Gasteiger partial charge on any atom is 0.255 e. The highest BCUT2D eigenvalue weighted by molar-refractivity contribution is 6.01. The van der Waals surface area contributed by atoms with Crippen LogP contribution in [-0.2, 0) is 5.54 Å². The highest BCUT2D eigenvalue weighted by atomic mass is 16.2. The molecule has 0 saturated carbocycles. The van der Waals surface area contributed by atoms with Crippen LogP contribution in [0.1, 0.15) is 34.3 Å². The fraction of sp³-hybridized carbons (Fsp3) is 0.190. The smallest absolute Gasteiger partial charge is 0.255 e. The molecule has 0 radical (unpaired) electrons. The van der Waals surface area contributed by atoms with Crippen LogP contribution in [0.2, 0.25) is 0 Å². The first-order valence-electron chi connectivity index (χ1n) is 8.21. The molecule has 1 saturated heterocycles. The van der Waals surface area contributed by atoms with E-state index in [-0.39, 0.29) is 11.4 Å². The molecule has 0 aliphatic carbocycles. The Hall–Kier alpha value is -2.61. The number of benzene rings is 3. The molecule has 23 heavy (non-hydrogen) atoms. The fourth-order valence-electron chi connectivity index (χ4n) is 4.45. The van der Waals surface area contributed by atoms with E-state index in [4.69, 9.17) is 0 Å². The molecule has 5 rings (SSSR count). The molecule has 112 valence electrons. The van der Waals surface area contributed by atoms with Gasteiger partial charge in [-0.25, -0.2) is 0 Å². The molecule has 0 N–H and O–H groups in total. The van der Waals surface area contributed by atoms with Crippen molar-refractivity contribution < 1.29 is 4.79 Å². The zero-order valence-corrected chi connectivity index (χ0v) is 12.8. The second-order valence-electron chi connectivity index (χ2n) is 6.53. The first-order chi connectivity index (χ1) is 11.3. The molecular weight excluding hydrogens is 282 g/mol. The predicted molar refractivity (Wildman–Crippen MR) is 91.4 cm³/mol. The minimum absolute atomic E-state index is 0.186. The lowest BCUT2D eigenvalue weighted by Gasteiger charge is -2.34. The van der Waals surface area contributed by atoms with E-state index in [1.807, 2.05) is 12.1 Å². The molecule has 2 heterocycles. The van der Waals surface area contributed by atoms with Crippen molar-refractivity contribution in [2.45, 2.75) is 18.4 Å². The van der Waals surface area contributed by atoms with E-state index in [1.54, 1.807) is 0 Å². The average molecular weight is 299 g/mol. The van der Waals surface area contributed by atoms with Crippen LogP contribution in [-0.4, -0.2) is 17.4 Å². The Kier molecular flexibility index (Phi) is 2.49. The second kappa shape index (κ2) is 4.45. The Morgan fingerprint density at radius 1 is 0.870 bits per heavy atom. The van der Waals surface area contributed by atoms with E-state index < -0.39 is 0 Å². The topological polar surface area (TPSA) is 20.3 Å². The number of carbonyl (C=O) groups is 1. The Bertz CT molecular complexity index is 945. The van der Waals surface area contributed by atoms with Crippen molar-refractivity contribution in [1.82, 2.24) is 4.90 Å². The van der Waals surface area contributed by atoms with Crippen molar-refractivity contribution in [1.29, 1.82) is 0 Å². The lowest BCUT2D eigenvalue weighted by Crippen LogP contribution is -2.39. The van der Waals surface area contributed by atoms with Crippen molar-refractivity contribution in [3.63, 3.8) is 0 Å². The van der Waals surface area contributed by atoms with Gasteiger partial charge in [0.05, 0.1) is 5.54 Å². The van der Waals surface area contributed by atoms with Gasteiger partial charge in [-0.05, 0) is 46.9 Å². The van der Waals surface area contributed by atoms with Gasteiger partial charge in [-0.3, -0.25) is 4.79 Å². The van der Waals surface area contributed by atoms with Gasteiger partial charge in [0, 0.05) is 12.1 Å². The molecule has 2 aliphatic heterocycles. The van der Waals surface area contributed by atoms with Crippen molar-refractivity contribution in [2.75, 3.05) is 6.54 Å². The Morgan fingerprint density at radius 2 is 1.65 bits per heavy atom. The van der Waals surface area contributed by atoms with E-state index in [1.165, 1.54) is 21.9 Å².